The van der Waals surface area contributed by atoms with Gasteiger partial charge in [-0.05, 0) is 26.7 Å². The summed E-state index contributed by atoms with van der Waals surface area (Å²) in [7, 11) is 0. The number of hydrogen-bond donors (Lipinski definition) is 0. The SMILES string of the molecule is CC1=C(C)[C@@]23C=CC=C[C@]12CCCC3. The Morgan fingerprint density at radius 3 is 1.71 bits per heavy atom. The Morgan fingerprint density at radius 1 is 0.857 bits per heavy atom. The van der Waals surface area contributed by atoms with E-state index < -0.39 is 0 Å². The molecule has 2 atom stereocenters. The van der Waals surface area contributed by atoms with Gasteiger partial charge < -0.3 is 0 Å². The fraction of sp³-hybridized carbons (Fsp3) is 0.571. The van der Waals surface area contributed by atoms with Crippen LogP contribution < -0.4 is 0 Å². The average molecular weight is 186 g/mol. The molecule has 0 nitrogen and oxygen atoms in total. The Kier molecular flexibility index (Phi) is 1.47. The molecular formula is C14H18. The van der Waals surface area contributed by atoms with Crippen LogP contribution in [-0.2, 0) is 0 Å². The monoisotopic (exact) mass is 186 g/mol. The van der Waals surface area contributed by atoms with Gasteiger partial charge in [0.05, 0.1) is 0 Å². The molecule has 0 aromatic carbocycles. The maximum atomic E-state index is 2.47. The van der Waals surface area contributed by atoms with E-state index in [9.17, 15) is 0 Å². The van der Waals surface area contributed by atoms with Gasteiger partial charge in [0, 0.05) is 10.8 Å². The molecule has 74 valence electrons. The lowest BCUT2D eigenvalue weighted by molar-refractivity contribution is 0.0976. The quantitative estimate of drug-likeness (QED) is 0.501. The topological polar surface area (TPSA) is 0 Å². The zero-order valence-electron chi connectivity index (χ0n) is 9.14. The fourth-order valence-corrected chi connectivity index (χ4v) is 4.06. The standard InChI is InChI=1S/C14H18/c1-11-12(2)14-9-5-3-7-13(11,14)8-4-6-10-14/h3,5,7,9H,4,6,8,10H2,1-2H3/t13-,14-/m0/s1. The predicted molar refractivity (Wildman–Crippen MR) is 60.0 cm³/mol. The van der Waals surface area contributed by atoms with Crippen molar-refractivity contribution >= 4 is 0 Å². The molecule has 0 amide bonds. The second-order valence-electron chi connectivity index (χ2n) is 5.12. The van der Waals surface area contributed by atoms with Crippen molar-refractivity contribution in [2.75, 3.05) is 0 Å². The van der Waals surface area contributed by atoms with Gasteiger partial charge in [0.25, 0.3) is 0 Å². The summed E-state index contributed by atoms with van der Waals surface area (Å²) in [6, 6.07) is 0. The average Bonchev–Trinajstić information content (AvgIpc) is 2.26. The molecule has 0 heteroatoms. The van der Waals surface area contributed by atoms with E-state index in [0.717, 1.165) is 0 Å². The van der Waals surface area contributed by atoms with E-state index in [2.05, 4.69) is 38.2 Å². The molecule has 0 aromatic rings. The summed E-state index contributed by atoms with van der Waals surface area (Å²) >= 11 is 0. The molecule has 0 radical (unpaired) electrons. The fourth-order valence-electron chi connectivity index (χ4n) is 4.06. The Balaban J connectivity index is 2.20. The highest BCUT2D eigenvalue weighted by atomic mass is 14.6. The highest BCUT2D eigenvalue weighted by Gasteiger charge is 2.59. The first-order valence-corrected chi connectivity index (χ1v) is 5.78. The molecule has 0 heterocycles. The minimum absolute atomic E-state index is 0.435. The molecule has 1 saturated carbocycles. The first-order valence-electron chi connectivity index (χ1n) is 5.78. The van der Waals surface area contributed by atoms with Crippen molar-refractivity contribution in [3.8, 4) is 0 Å². The van der Waals surface area contributed by atoms with Gasteiger partial charge in [0.1, 0.15) is 0 Å². The van der Waals surface area contributed by atoms with E-state index in [4.69, 9.17) is 0 Å². The Bertz CT molecular complexity index is 333. The van der Waals surface area contributed by atoms with E-state index in [1.165, 1.54) is 25.7 Å². The zero-order chi connectivity index (χ0) is 9.81. The molecule has 0 aliphatic heterocycles. The number of allylic oxidation sites excluding steroid dienone is 6. The first-order chi connectivity index (χ1) is 6.73. The normalized spacial score (nSPS) is 44.4. The maximum Gasteiger partial charge on any atom is 0.0222 e. The Labute approximate surface area is 86.4 Å². The molecule has 0 aromatic heterocycles. The van der Waals surface area contributed by atoms with Crippen molar-refractivity contribution in [2.24, 2.45) is 10.8 Å². The summed E-state index contributed by atoms with van der Waals surface area (Å²) in [6.07, 6.45) is 15.0. The lowest BCUT2D eigenvalue weighted by Gasteiger charge is -2.62. The minimum atomic E-state index is 0.435. The van der Waals surface area contributed by atoms with E-state index in [1.807, 2.05) is 0 Å². The summed E-state index contributed by atoms with van der Waals surface area (Å²) < 4.78 is 0. The second kappa shape index (κ2) is 2.42. The second-order valence-corrected chi connectivity index (χ2v) is 5.12. The molecule has 3 rings (SSSR count). The molecule has 3 aliphatic rings. The number of hydrogen-bond acceptors (Lipinski definition) is 0. The lowest BCUT2D eigenvalue weighted by atomic mass is 9.41. The van der Waals surface area contributed by atoms with Crippen LogP contribution in [0, 0.1) is 10.8 Å². The predicted octanol–water partition coefficient (Wildman–Crippen LogP) is 4.01. The van der Waals surface area contributed by atoms with Crippen LogP contribution >= 0.6 is 0 Å². The van der Waals surface area contributed by atoms with Gasteiger partial charge in [0.2, 0.25) is 0 Å². The molecule has 0 unspecified atom stereocenters. The third-order valence-electron chi connectivity index (χ3n) is 4.96. The van der Waals surface area contributed by atoms with E-state index in [0.29, 0.717) is 10.8 Å². The van der Waals surface area contributed by atoms with Gasteiger partial charge in [-0.25, -0.2) is 0 Å². The first kappa shape index (κ1) is 8.52. The van der Waals surface area contributed by atoms with Crippen LogP contribution in [0.15, 0.2) is 35.5 Å². The molecular weight excluding hydrogens is 168 g/mol. The van der Waals surface area contributed by atoms with Crippen molar-refractivity contribution in [3.05, 3.63) is 35.5 Å². The van der Waals surface area contributed by atoms with Crippen LogP contribution in [0.1, 0.15) is 39.5 Å². The highest BCUT2D eigenvalue weighted by Crippen LogP contribution is 2.69. The summed E-state index contributed by atoms with van der Waals surface area (Å²) in [6.45, 7) is 4.67. The van der Waals surface area contributed by atoms with Crippen LogP contribution in [0.3, 0.4) is 0 Å². The smallest absolute Gasteiger partial charge is 0.0222 e. The molecule has 0 saturated heterocycles. The molecule has 14 heavy (non-hydrogen) atoms. The maximum absolute atomic E-state index is 2.47. The zero-order valence-corrected chi connectivity index (χ0v) is 9.14. The van der Waals surface area contributed by atoms with E-state index >= 15 is 0 Å². The van der Waals surface area contributed by atoms with Crippen LogP contribution in [0.4, 0.5) is 0 Å². The molecule has 0 spiro atoms. The van der Waals surface area contributed by atoms with Crippen molar-refractivity contribution in [3.63, 3.8) is 0 Å². The highest BCUT2D eigenvalue weighted by molar-refractivity contribution is 5.53. The van der Waals surface area contributed by atoms with Gasteiger partial charge in [-0.3, -0.25) is 0 Å². The third-order valence-corrected chi connectivity index (χ3v) is 4.96. The Hall–Kier alpha value is -0.780. The Morgan fingerprint density at radius 2 is 1.29 bits per heavy atom. The molecule has 3 aliphatic carbocycles. The van der Waals surface area contributed by atoms with Crippen LogP contribution in [0.5, 0.6) is 0 Å². The molecule has 0 N–H and O–H groups in total. The molecule has 0 bridgehead atoms. The van der Waals surface area contributed by atoms with Gasteiger partial charge in [0.15, 0.2) is 0 Å². The van der Waals surface area contributed by atoms with Crippen molar-refractivity contribution < 1.29 is 0 Å². The van der Waals surface area contributed by atoms with Gasteiger partial charge >= 0.3 is 0 Å². The molecule has 1 fully saturated rings. The van der Waals surface area contributed by atoms with Crippen molar-refractivity contribution in [2.45, 2.75) is 39.5 Å². The van der Waals surface area contributed by atoms with Crippen molar-refractivity contribution in [1.82, 2.24) is 0 Å². The van der Waals surface area contributed by atoms with Crippen LogP contribution in [0.2, 0.25) is 0 Å². The van der Waals surface area contributed by atoms with E-state index in [1.54, 1.807) is 11.1 Å². The third kappa shape index (κ3) is 0.657. The van der Waals surface area contributed by atoms with Gasteiger partial charge in [-0.1, -0.05) is 48.3 Å². The van der Waals surface area contributed by atoms with E-state index in [-0.39, 0.29) is 0 Å². The lowest BCUT2D eigenvalue weighted by Crippen LogP contribution is -2.53. The van der Waals surface area contributed by atoms with Crippen molar-refractivity contribution in [1.29, 1.82) is 0 Å². The minimum Gasteiger partial charge on any atom is -0.0731 e. The summed E-state index contributed by atoms with van der Waals surface area (Å²) in [4.78, 5) is 0. The summed E-state index contributed by atoms with van der Waals surface area (Å²) in [5.74, 6) is 0. The largest absolute Gasteiger partial charge is 0.0731 e. The summed E-state index contributed by atoms with van der Waals surface area (Å²) in [5, 5.41) is 0. The number of rotatable bonds is 0. The summed E-state index contributed by atoms with van der Waals surface area (Å²) in [5.41, 5.74) is 4.17. The van der Waals surface area contributed by atoms with Crippen LogP contribution in [0.25, 0.3) is 0 Å². The van der Waals surface area contributed by atoms with Crippen LogP contribution in [-0.4, -0.2) is 0 Å². The van der Waals surface area contributed by atoms with Gasteiger partial charge in [-0.15, -0.1) is 0 Å². The van der Waals surface area contributed by atoms with Gasteiger partial charge in [-0.2, -0.15) is 0 Å².